The van der Waals surface area contributed by atoms with Crippen LogP contribution in [0.4, 0.5) is 0 Å². The molecule has 3 aliphatic rings. The highest BCUT2D eigenvalue weighted by Gasteiger charge is 2.46. The second-order valence-electron chi connectivity index (χ2n) is 12.5. The van der Waals surface area contributed by atoms with E-state index in [9.17, 15) is 4.79 Å². The van der Waals surface area contributed by atoms with E-state index in [-0.39, 0.29) is 16.9 Å². The summed E-state index contributed by atoms with van der Waals surface area (Å²) in [4.78, 5) is 15.5. The molecule has 2 N–H and O–H groups in total. The molecule has 2 bridgehead atoms. The Balaban J connectivity index is 1.36. The average Bonchev–Trinajstić information content (AvgIpc) is 2.89. The Bertz CT molecular complexity index is 1060. The van der Waals surface area contributed by atoms with E-state index in [1.165, 1.54) is 43.2 Å². The molecule has 192 valence electrons. The number of likely N-dealkylation sites (tertiary alicyclic amines) is 1. The summed E-state index contributed by atoms with van der Waals surface area (Å²) in [5, 5.41) is 0. The van der Waals surface area contributed by atoms with E-state index >= 15 is 0 Å². The van der Waals surface area contributed by atoms with Crippen LogP contribution < -0.4 is 5.73 Å². The molecule has 2 saturated carbocycles. The molecule has 5 rings (SSSR count). The molecule has 4 atom stereocenters. The number of rotatable bonds is 6. The van der Waals surface area contributed by atoms with Crippen molar-refractivity contribution in [2.75, 3.05) is 13.1 Å². The summed E-state index contributed by atoms with van der Waals surface area (Å²) in [5.74, 6) is 1.45. The molecule has 2 aromatic rings. The molecule has 2 aromatic carbocycles. The number of carbonyl (C=O) groups excluding carboxylic acids is 1. The third kappa shape index (κ3) is 5.32. The summed E-state index contributed by atoms with van der Waals surface area (Å²) < 4.78 is 0. The van der Waals surface area contributed by atoms with Gasteiger partial charge < -0.3 is 10.6 Å². The van der Waals surface area contributed by atoms with Crippen molar-refractivity contribution in [1.29, 1.82) is 0 Å². The minimum absolute atomic E-state index is 0.00606. The fourth-order valence-electron chi connectivity index (χ4n) is 7.42. The Kier molecular flexibility index (Phi) is 7.40. The van der Waals surface area contributed by atoms with Crippen LogP contribution in [0.2, 0.25) is 0 Å². The molecule has 1 aliphatic heterocycles. The van der Waals surface area contributed by atoms with Gasteiger partial charge in [0.05, 0.1) is 0 Å². The highest BCUT2D eigenvalue weighted by molar-refractivity contribution is 5.76. The standard InChI is InChI=1S/C33H44N2O/c1-32(2)24-35(21-19-30(32)34)31(36)18-16-27-23-33(28-13-7-4-8-14-28)20-9-12-26(22-33)29(27)17-15-25-10-5-3-6-11-25/h3-8,10-11,13-14,17,26-27,30H,9,12,15-16,18-24,34H2,1-2H3/b29-17+/t26?,27?,30-,33?/m0/s1. The highest BCUT2D eigenvalue weighted by Crippen LogP contribution is 2.55. The summed E-state index contributed by atoms with van der Waals surface area (Å²) >= 11 is 0. The van der Waals surface area contributed by atoms with Crippen molar-refractivity contribution < 1.29 is 4.79 Å². The van der Waals surface area contributed by atoms with Crippen LogP contribution in [0, 0.1) is 17.3 Å². The third-order valence-corrected chi connectivity index (χ3v) is 9.60. The van der Waals surface area contributed by atoms with Gasteiger partial charge in [0.25, 0.3) is 0 Å². The Morgan fingerprint density at radius 2 is 1.75 bits per heavy atom. The number of allylic oxidation sites excluding steroid dienone is 2. The molecular formula is C33H44N2O. The molecule has 36 heavy (non-hydrogen) atoms. The number of amides is 1. The SMILES string of the molecule is CC1(C)CN(C(=O)CCC2CC3(c4ccccc4)CCCC(C3)/C2=C\Cc2ccccc2)CC[C@@H]1N. The van der Waals surface area contributed by atoms with Crippen LogP contribution in [-0.2, 0) is 16.6 Å². The number of benzene rings is 2. The monoisotopic (exact) mass is 484 g/mol. The maximum Gasteiger partial charge on any atom is 0.222 e. The minimum Gasteiger partial charge on any atom is -0.342 e. The maximum atomic E-state index is 13.4. The third-order valence-electron chi connectivity index (χ3n) is 9.60. The fraction of sp³-hybridized carbons (Fsp3) is 0.545. The zero-order valence-corrected chi connectivity index (χ0v) is 22.3. The molecule has 1 amide bonds. The van der Waals surface area contributed by atoms with Crippen LogP contribution in [0.15, 0.2) is 72.3 Å². The zero-order valence-electron chi connectivity index (χ0n) is 22.3. The lowest BCUT2D eigenvalue weighted by Gasteiger charge is -2.51. The molecular weight excluding hydrogens is 440 g/mol. The summed E-state index contributed by atoms with van der Waals surface area (Å²) in [6.07, 6.45) is 12.4. The first kappa shape index (κ1) is 25.3. The lowest BCUT2D eigenvalue weighted by Crippen LogP contribution is -2.54. The predicted octanol–water partition coefficient (Wildman–Crippen LogP) is 6.67. The molecule has 0 spiro atoms. The lowest BCUT2D eigenvalue weighted by atomic mass is 9.54. The largest absolute Gasteiger partial charge is 0.342 e. The molecule has 3 heteroatoms. The van der Waals surface area contributed by atoms with Gasteiger partial charge >= 0.3 is 0 Å². The number of nitrogens with two attached hydrogens (primary N) is 1. The highest BCUT2D eigenvalue weighted by atomic mass is 16.2. The van der Waals surface area contributed by atoms with E-state index < -0.39 is 0 Å². The molecule has 3 nitrogen and oxygen atoms in total. The smallest absolute Gasteiger partial charge is 0.222 e. The molecule has 0 aromatic heterocycles. The van der Waals surface area contributed by atoms with Crippen LogP contribution in [0.1, 0.15) is 76.3 Å². The second kappa shape index (κ2) is 10.5. The quantitative estimate of drug-likeness (QED) is 0.466. The molecule has 2 aliphatic carbocycles. The van der Waals surface area contributed by atoms with E-state index in [2.05, 4.69) is 85.5 Å². The number of hydrogen-bond acceptors (Lipinski definition) is 2. The summed E-state index contributed by atoms with van der Waals surface area (Å²) in [7, 11) is 0. The van der Waals surface area contributed by atoms with Gasteiger partial charge in [-0.15, -0.1) is 0 Å². The van der Waals surface area contributed by atoms with Crippen molar-refractivity contribution in [1.82, 2.24) is 4.90 Å². The van der Waals surface area contributed by atoms with Gasteiger partial charge in [0.15, 0.2) is 0 Å². The van der Waals surface area contributed by atoms with Crippen LogP contribution in [0.5, 0.6) is 0 Å². The van der Waals surface area contributed by atoms with Gasteiger partial charge in [-0.3, -0.25) is 4.79 Å². The molecule has 1 saturated heterocycles. The van der Waals surface area contributed by atoms with Gasteiger partial charge in [0, 0.05) is 25.6 Å². The van der Waals surface area contributed by atoms with Crippen LogP contribution in [0.25, 0.3) is 0 Å². The summed E-state index contributed by atoms with van der Waals surface area (Å²) in [6.45, 7) is 5.99. The van der Waals surface area contributed by atoms with Crippen LogP contribution in [-0.4, -0.2) is 29.9 Å². The van der Waals surface area contributed by atoms with Gasteiger partial charge in [-0.05, 0) is 78.7 Å². The molecule has 3 fully saturated rings. The van der Waals surface area contributed by atoms with E-state index in [1.54, 1.807) is 5.57 Å². The molecule has 3 unspecified atom stereocenters. The normalized spacial score (nSPS) is 30.8. The first-order valence-corrected chi connectivity index (χ1v) is 14.2. The number of hydrogen-bond donors (Lipinski definition) is 1. The van der Waals surface area contributed by atoms with E-state index in [0.29, 0.717) is 24.2 Å². The van der Waals surface area contributed by atoms with Crippen molar-refractivity contribution in [3.8, 4) is 0 Å². The van der Waals surface area contributed by atoms with Crippen molar-refractivity contribution in [2.24, 2.45) is 23.0 Å². The minimum atomic E-state index is -0.00606. The van der Waals surface area contributed by atoms with Crippen LogP contribution >= 0.6 is 0 Å². The molecule has 1 heterocycles. The van der Waals surface area contributed by atoms with Gasteiger partial charge in [-0.1, -0.05) is 92.6 Å². The first-order valence-electron chi connectivity index (χ1n) is 14.2. The maximum absolute atomic E-state index is 13.4. The van der Waals surface area contributed by atoms with Gasteiger partial charge in [-0.25, -0.2) is 0 Å². The Labute approximate surface area is 218 Å². The number of carbonyl (C=O) groups is 1. The second-order valence-corrected chi connectivity index (χ2v) is 12.5. The topological polar surface area (TPSA) is 46.3 Å². The van der Waals surface area contributed by atoms with Crippen molar-refractivity contribution >= 4 is 5.91 Å². The van der Waals surface area contributed by atoms with Crippen molar-refractivity contribution in [3.63, 3.8) is 0 Å². The first-order chi connectivity index (χ1) is 17.4. The Morgan fingerprint density at radius 1 is 1.03 bits per heavy atom. The van der Waals surface area contributed by atoms with E-state index in [4.69, 9.17) is 5.73 Å². The van der Waals surface area contributed by atoms with Crippen molar-refractivity contribution in [3.05, 3.63) is 83.4 Å². The number of piperidine rings is 1. The number of fused-ring (bicyclic) bond motifs is 2. The van der Waals surface area contributed by atoms with Crippen LogP contribution in [0.3, 0.4) is 0 Å². The fourth-order valence-corrected chi connectivity index (χ4v) is 7.42. The summed E-state index contributed by atoms with van der Waals surface area (Å²) in [5.41, 5.74) is 11.1. The Hall–Kier alpha value is -2.39. The molecule has 0 radical (unpaired) electrons. The van der Waals surface area contributed by atoms with Gasteiger partial charge in [0.2, 0.25) is 5.91 Å². The zero-order chi connectivity index (χ0) is 25.2. The summed E-state index contributed by atoms with van der Waals surface area (Å²) in [6, 6.07) is 22.3. The van der Waals surface area contributed by atoms with Gasteiger partial charge in [-0.2, -0.15) is 0 Å². The van der Waals surface area contributed by atoms with Gasteiger partial charge in [0.1, 0.15) is 0 Å². The predicted molar refractivity (Wildman–Crippen MR) is 149 cm³/mol. The van der Waals surface area contributed by atoms with E-state index in [0.717, 1.165) is 32.4 Å². The Morgan fingerprint density at radius 3 is 2.47 bits per heavy atom. The number of nitrogens with zero attached hydrogens (tertiary/aromatic N) is 1. The van der Waals surface area contributed by atoms with Crippen molar-refractivity contribution in [2.45, 2.75) is 83.1 Å². The van der Waals surface area contributed by atoms with E-state index in [1.807, 2.05) is 0 Å². The lowest BCUT2D eigenvalue weighted by molar-refractivity contribution is -0.135. The average molecular weight is 485 g/mol.